The van der Waals surface area contributed by atoms with Crippen molar-refractivity contribution in [3.05, 3.63) is 76.4 Å². The van der Waals surface area contributed by atoms with Gasteiger partial charge in [0.05, 0.1) is 41.7 Å². The molecule has 0 spiro atoms. The smallest absolute Gasteiger partial charge is 0.270 e. The molecule has 7 heteroatoms. The lowest BCUT2D eigenvalue weighted by molar-refractivity contribution is -0.114. The van der Waals surface area contributed by atoms with Gasteiger partial charge in [-0.3, -0.25) is 9.48 Å². The van der Waals surface area contributed by atoms with Crippen molar-refractivity contribution in [2.45, 2.75) is 19.9 Å². The SMILES string of the molecule is CC1=NN(c2ccccc2)C(=O)/C1=C\c1cn(CCC#N)nc1-c1ccc(Br)cc1. The minimum absolute atomic E-state index is 0.176. The highest BCUT2D eigenvalue weighted by Crippen LogP contribution is 2.29. The van der Waals surface area contributed by atoms with Crippen LogP contribution < -0.4 is 5.01 Å². The number of carbonyl (C=O) groups is 1. The first kappa shape index (κ1) is 19.8. The molecule has 6 nitrogen and oxygen atoms in total. The lowest BCUT2D eigenvalue weighted by atomic mass is 10.0. The van der Waals surface area contributed by atoms with Gasteiger partial charge in [0, 0.05) is 21.8 Å². The van der Waals surface area contributed by atoms with Crippen LogP contribution >= 0.6 is 15.9 Å². The first-order chi connectivity index (χ1) is 14.6. The van der Waals surface area contributed by atoms with Gasteiger partial charge in [0.2, 0.25) is 0 Å². The van der Waals surface area contributed by atoms with Crippen molar-refractivity contribution in [1.82, 2.24) is 9.78 Å². The number of aromatic nitrogens is 2. The summed E-state index contributed by atoms with van der Waals surface area (Å²) in [6, 6.07) is 19.3. The molecule has 2 heterocycles. The summed E-state index contributed by atoms with van der Waals surface area (Å²) >= 11 is 3.45. The Hall–Kier alpha value is -3.50. The van der Waals surface area contributed by atoms with E-state index in [0.29, 0.717) is 24.3 Å². The van der Waals surface area contributed by atoms with E-state index in [-0.39, 0.29) is 5.91 Å². The number of amides is 1. The predicted octanol–water partition coefficient (Wildman–Crippen LogP) is 5.03. The van der Waals surface area contributed by atoms with Crippen LogP contribution in [0.1, 0.15) is 18.9 Å². The summed E-state index contributed by atoms with van der Waals surface area (Å²) in [5.74, 6) is -0.176. The molecule has 0 radical (unpaired) electrons. The average molecular weight is 460 g/mol. The van der Waals surface area contributed by atoms with Crippen LogP contribution in [-0.4, -0.2) is 21.4 Å². The van der Waals surface area contributed by atoms with Crippen molar-refractivity contribution in [2.75, 3.05) is 5.01 Å². The van der Waals surface area contributed by atoms with Crippen LogP contribution in [0, 0.1) is 11.3 Å². The molecule has 1 amide bonds. The summed E-state index contributed by atoms with van der Waals surface area (Å²) in [5.41, 5.74) is 4.39. The lowest BCUT2D eigenvalue weighted by Gasteiger charge is -2.11. The molecule has 0 saturated carbocycles. The van der Waals surface area contributed by atoms with Crippen molar-refractivity contribution in [3.8, 4) is 17.3 Å². The van der Waals surface area contributed by atoms with E-state index in [0.717, 1.165) is 27.0 Å². The highest BCUT2D eigenvalue weighted by molar-refractivity contribution is 9.10. The number of benzene rings is 2. The molecule has 0 atom stereocenters. The Morgan fingerprint density at radius 1 is 1.13 bits per heavy atom. The zero-order valence-corrected chi connectivity index (χ0v) is 17.9. The molecule has 2 aromatic carbocycles. The van der Waals surface area contributed by atoms with Gasteiger partial charge in [-0.15, -0.1) is 0 Å². The van der Waals surface area contributed by atoms with Crippen molar-refractivity contribution >= 4 is 39.3 Å². The van der Waals surface area contributed by atoms with Gasteiger partial charge < -0.3 is 0 Å². The fraction of sp³-hybridized carbons (Fsp3) is 0.130. The standard InChI is InChI=1S/C23H18BrN5O/c1-16-21(23(30)29(26-16)20-6-3-2-4-7-20)14-18-15-28(13-5-12-25)27-22(18)17-8-10-19(24)11-9-17/h2-4,6-11,14-15H,5,13H2,1H3/b21-14-. The topological polar surface area (TPSA) is 74.3 Å². The number of para-hydroxylation sites is 1. The minimum Gasteiger partial charge on any atom is -0.270 e. The van der Waals surface area contributed by atoms with Gasteiger partial charge in [-0.2, -0.15) is 20.5 Å². The molecule has 0 N–H and O–H groups in total. The molecule has 1 aromatic heterocycles. The van der Waals surface area contributed by atoms with Crippen molar-refractivity contribution < 1.29 is 4.79 Å². The average Bonchev–Trinajstić information content (AvgIpc) is 3.29. The van der Waals surface area contributed by atoms with Crippen LogP contribution in [0.3, 0.4) is 0 Å². The fourth-order valence-corrected chi connectivity index (χ4v) is 3.50. The van der Waals surface area contributed by atoms with E-state index in [9.17, 15) is 4.79 Å². The maximum atomic E-state index is 13.1. The van der Waals surface area contributed by atoms with Gasteiger partial charge in [0.15, 0.2) is 0 Å². The summed E-state index contributed by atoms with van der Waals surface area (Å²) in [5, 5.41) is 19.4. The fourth-order valence-electron chi connectivity index (χ4n) is 3.24. The Balaban J connectivity index is 1.74. The second-order valence-electron chi connectivity index (χ2n) is 6.81. The molecule has 148 valence electrons. The molecule has 0 aliphatic carbocycles. The third-order valence-corrected chi connectivity index (χ3v) is 5.25. The van der Waals surface area contributed by atoms with Crippen LogP contribution in [0.5, 0.6) is 0 Å². The molecule has 0 saturated heterocycles. The first-order valence-corrected chi connectivity index (χ1v) is 10.2. The van der Waals surface area contributed by atoms with Gasteiger partial charge in [-0.25, -0.2) is 0 Å². The Morgan fingerprint density at radius 2 is 1.87 bits per heavy atom. The quantitative estimate of drug-likeness (QED) is 0.501. The third-order valence-electron chi connectivity index (χ3n) is 4.72. The van der Waals surface area contributed by atoms with Crippen LogP contribution in [0.2, 0.25) is 0 Å². The predicted molar refractivity (Wildman–Crippen MR) is 121 cm³/mol. The van der Waals surface area contributed by atoms with Gasteiger partial charge in [0.1, 0.15) is 0 Å². The van der Waals surface area contributed by atoms with Gasteiger partial charge in [-0.1, -0.05) is 46.3 Å². The summed E-state index contributed by atoms with van der Waals surface area (Å²) in [6.45, 7) is 2.31. The van der Waals surface area contributed by atoms with Crippen LogP contribution in [-0.2, 0) is 11.3 Å². The molecule has 0 bridgehead atoms. The molecular weight excluding hydrogens is 442 g/mol. The first-order valence-electron chi connectivity index (χ1n) is 9.44. The molecule has 1 aliphatic heterocycles. The number of halogens is 1. The van der Waals surface area contributed by atoms with Crippen LogP contribution in [0.25, 0.3) is 17.3 Å². The summed E-state index contributed by atoms with van der Waals surface area (Å²) in [4.78, 5) is 13.1. The Bertz CT molecular complexity index is 1190. The summed E-state index contributed by atoms with van der Waals surface area (Å²) in [7, 11) is 0. The summed E-state index contributed by atoms with van der Waals surface area (Å²) in [6.07, 6.45) is 4.06. The highest BCUT2D eigenvalue weighted by Gasteiger charge is 2.29. The zero-order valence-electron chi connectivity index (χ0n) is 16.3. The second kappa shape index (κ2) is 8.47. The number of aryl methyl sites for hydroxylation is 1. The third kappa shape index (κ3) is 3.95. The van der Waals surface area contributed by atoms with Gasteiger partial charge in [-0.05, 0) is 37.3 Å². The zero-order chi connectivity index (χ0) is 21.1. The number of hydrogen-bond donors (Lipinski definition) is 0. The van der Waals surface area contributed by atoms with Crippen molar-refractivity contribution in [1.29, 1.82) is 5.26 Å². The molecule has 4 rings (SSSR count). The number of hydrogen-bond acceptors (Lipinski definition) is 4. The van der Waals surface area contributed by atoms with Crippen LogP contribution in [0.15, 0.2) is 75.9 Å². The number of nitrogens with zero attached hydrogens (tertiary/aromatic N) is 5. The Kier molecular flexibility index (Phi) is 5.59. The normalized spacial score (nSPS) is 14.8. The van der Waals surface area contributed by atoms with E-state index >= 15 is 0 Å². The van der Waals surface area contributed by atoms with Crippen molar-refractivity contribution in [2.24, 2.45) is 5.10 Å². The monoisotopic (exact) mass is 459 g/mol. The highest BCUT2D eigenvalue weighted by atomic mass is 79.9. The second-order valence-corrected chi connectivity index (χ2v) is 7.72. The van der Waals surface area contributed by atoms with E-state index in [1.165, 1.54) is 5.01 Å². The van der Waals surface area contributed by atoms with Gasteiger partial charge in [0.25, 0.3) is 5.91 Å². The molecule has 0 fully saturated rings. The number of anilines is 1. The molecule has 30 heavy (non-hydrogen) atoms. The maximum absolute atomic E-state index is 13.1. The number of carbonyl (C=O) groups excluding carboxylic acids is 1. The number of hydrazone groups is 1. The Labute approximate surface area is 182 Å². The van der Waals surface area contributed by atoms with E-state index < -0.39 is 0 Å². The van der Waals surface area contributed by atoms with E-state index in [1.807, 2.05) is 73.8 Å². The van der Waals surface area contributed by atoms with E-state index in [2.05, 4.69) is 32.2 Å². The van der Waals surface area contributed by atoms with E-state index in [1.54, 1.807) is 4.68 Å². The summed E-state index contributed by atoms with van der Waals surface area (Å²) < 4.78 is 2.72. The Morgan fingerprint density at radius 3 is 2.57 bits per heavy atom. The van der Waals surface area contributed by atoms with Crippen molar-refractivity contribution in [3.63, 3.8) is 0 Å². The number of rotatable bonds is 5. The number of nitriles is 1. The maximum Gasteiger partial charge on any atom is 0.280 e. The molecule has 0 unspecified atom stereocenters. The minimum atomic E-state index is -0.176. The van der Waals surface area contributed by atoms with Crippen LogP contribution in [0.4, 0.5) is 5.69 Å². The largest absolute Gasteiger partial charge is 0.280 e. The van der Waals surface area contributed by atoms with E-state index in [4.69, 9.17) is 5.26 Å². The molecule has 3 aromatic rings. The lowest BCUT2D eigenvalue weighted by Crippen LogP contribution is -2.21. The molecular formula is C23H18BrN5O. The van der Waals surface area contributed by atoms with Gasteiger partial charge >= 0.3 is 0 Å². The molecule has 1 aliphatic rings.